The Kier molecular flexibility index (Phi) is 5.55. The second-order valence-electron chi connectivity index (χ2n) is 4.85. The summed E-state index contributed by atoms with van der Waals surface area (Å²) in [5.41, 5.74) is 1.40. The second-order valence-corrected chi connectivity index (χ2v) is 6.92. The van der Waals surface area contributed by atoms with E-state index >= 15 is 0 Å². The van der Waals surface area contributed by atoms with Gasteiger partial charge in [0.15, 0.2) is 0 Å². The minimum Gasteiger partial charge on any atom is -0.315 e. The molecule has 1 N–H and O–H groups in total. The largest absolute Gasteiger partial charge is 0.315 e. The molecule has 0 amide bonds. The highest BCUT2D eigenvalue weighted by Gasteiger charge is 2.26. The Balaban J connectivity index is 2.04. The summed E-state index contributed by atoms with van der Waals surface area (Å²) < 4.78 is 1.17. The van der Waals surface area contributed by atoms with E-state index in [0.29, 0.717) is 12.1 Å². The Labute approximate surface area is 123 Å². The maximum absolute atomic E-state index is 3.55. The van der Waals surface area contributed by atoms with Crippen molar-refractivity contribution in [1.29, 1.82) is 0 Å². The Morgan fingerprint density at radius 1 is 1.56 bits per heavy atom. The minimum absolute atomic E-state index is 0.525. The van der Waals surface area contributed by atoms with Gasteiger partial charge in [-0.05, 0) is 38.2 Å². The fourth-order valence-corrected chi connectivity index (χ4v) is 4.24. The molecule has 0 aliphatic carbocycles. The van der Waals surface area contributed by atoms with Gasteiger partial charge in [0.1, 0.15) is 0 Å². The molecule has 4 heteroatoms. The van der Waals surface area contributed by atoms with Gasteiger partial charge >= 0.3 is 0 Å². The van der Waals surface area contributed by atoms with Gasteiger partial charge in [-0.2, -0.15) is 11.8 Å². The van der Waals surface area contributed by atoms with Gasteiger partial charge in [0.25, 0.3) is 0 Å². The van der Waals surface area contributed by atoms with Crippen LogP contribution in [0.4, 0.5) is 0 Å². The molecule has 1 aromatic rings. The number of halogens is 1. The molecule has 1 aliphatic rings. The summed E-state index contributed by atoms with van der Waals surface area (Å²) >= 11 is 5.62. The molecular weight excluding hydrogens is 308 g/mol. The summed E-state index contributed by atoms with van der Waals surface area (Å²) in [5, 5.41) is 3.50. The van der Waals surface area contributed by atoms with E-state index in [9.17, 15) is 0 Å². The van der Waals surface area contributed by atoms with Gasteiger partial charge in [0.05, 0.1) is 0 Å². The van der Waals surface area contributed by atoms with Gasteiger partial charge in [-0.1, -0.05) is 28.1 Å². The zero-order valence-electron chi connectivity index (χ0n) is 11.0. The summed E-state index contributed by atoms with van der Waals surface area (Å²) in [6.07, 6.45) is 1.09. The van der Waals surface area contributed by atoms with Crippen molar-refractivity contribution in [2.24, 2.45) is 0 Å². The van der Waals surface area contributed by atoms with Crippen LogP contribution in [0.25, 0.3) is 0 Å². The zero-order chi connectivity index (χ0) is 13.0. The molecule has 1 saturated heterocycles. The molecular formula is C14H21BrN2S. The van der Waals surface area contributed by atoms with Crippen LogP contribution in [0.1, 0.15) is 5.56 Å². The Morgan fingerprint density at radius 2 is 2.39 bits per heavy atom. The summed E-state index contributed by atoms with van der Waals surface area (Å²) in [7, 11) is 4.32. The predicted molar refractivity (Wildman–Crippen MR) is 84.4 cm³/mol. The highest BCUT2D eigenvalue weighted by atomic mass is 79.9. The van der Waals surface area contributed by atoms with E-state index in [0.717, 1.165) is 6.42 Å². The van der Waals surface area contributed by atoms with E-state index in [1.54, 1.807) is 0 Å². The molecule has 1 aliphatic heterocycles. The molecule has 2 rings (SSSR count). The van der Waals surface area contributed by atoms with Crippen molar-refractivity contribution in [3.63, 3.8) is 0 Å². The number of likely N-dealkylation sites (N-methyl/N-ethyl adjacent to an activating group) is 2. The third-order valence-electron chi connectivity index (χ3n) is 3.62. The summed E-state index contributed by atoms with van der Waals surface area (Å²) in [6, 6.07) is 9.79. The van der Waals surface area contributed by atoms with E-state index < -0.39 is 0 Å². The van der Waals surface area contributed by atoms with Crippen molar-refractivity contribution < 1.29 is 0 Å². The molecule has 1 fully saturated rings. The van der Waals surface area contributed by atoms with Gasteiger partial charge in [0.2, 0.25) is 0 Å². The topological polar surface area (TPSA) is 15.3 Å². The first-order valence-corrected chi connectivity index (χ1v) is 8.35. The van der Waals surface area contributed by atoms with Crippen molar-refractivity contribution in [3.05, 3.63) is 34.3 Å². The smallest absolute Gasteiger partial charge is 0.0340 e. The fourth-order valence-electron chi connectivity index (χ4n) is 2.48. The Hall–Kier alpha value is -0.0300. The lowest BCUT2D eigenvalue weighted by atomic mass is 9.99. The maximum atomic E-state index is 3.55. The lowest BCUT2D eigenvalue weighted by Crippen LogP contribution is -2.52. The van der Waals surface area contributed by atoms with Crippen LogP contribution in [-0.4, -0.2) is 49.1 Å². The first-order valence-electron chi connectivity index (χ1n) is 6.40. The minimum atomic E-state index is 0.525. The van der Waals surface area contributed by atoms with Crippen LogP contribution >= 0.6 is 27.7 Å². The van der Waals surface area contributed by atoms with Crippen molar-refractivity contribution >= 4 is 27.7 Å². The van der Waals surface area contributed by atoms with Crippen LogP contribution < -0.4 is 5.32 Å². The van der Waals surface area contributed by atoms with Gasteiger partial charge in [-0.15, -0.1) is 0 Å². The molecule has 100 valence electrons. The number of nitrogens with one attached hydrogen (secondary N) is 1. The highest BCUT2D eigenvalue weighted by molar-refractivity contribution is 9.10. The first kappa shape index (κ1) is 14.4. The van der Waals surface area contributed by atoms with Crippen LogP contribution in [0.15, 0.2) is 28.7 Å². The fraction of sp³-hybridized carbons (Fsp3) is 0.571. The lowest BCUT2D eigenvalue weighted by Gasteiger charge is -2.37. The highest BCUT2D eigenvalue weighted by Crippen LogP contribution is 2.20. The monoisotopic (exact) mass is 328 g/mol. The van der Waals surface area contributed by atoms with E-state index in [2.05, 4.69) is 76.3 Å². The number of benzene rings is 1. The molecule has 2 unspecified atom stereocenters. The first-order chi connectivity index (χ1) is 8.70. The number of nitrogens with zero attached hydrogens (tertiary/aromatic N) is 1. The average molecular weight is 329 g/mol. The van der Waals surface area contributed by atoms with E-state index in [4.69, 9.17) is 0 Å². The van der Waals surface area contributed by atoms with Gasteiger partial charge in [-0.3, -0.25) is 0 Å². The number of thioether (sulfide) groups is 1. The average Bonchev–Trinajstić information content (AvgIpc) is 2.37. The van der Waals surface area contributed by atoms with Crippen LogP contribution in [0, 0.1) is 0 Å². The molecule has 0 radical (unpaired) electrons. The molecule has 0 aromatic heterocycles. The number of hydrogen-bond donors (Lipinski definition) is 1. The third kappa shape index (κ3) is 3.73. The van der Waals surface area contributed by atoms with Crippen molar-refractivity contribution in [1.82, 2.24) is 10.2 Å². The molecule has 1 aromatic carbocycles. The number of hydrogen-bond acceptors (Lipinski definition) is 3. The van der Waals surface area contributed by atoms with Crippen LogP contribution in [-0.2, 0) is 6.42 Å². The van der Waals surface area contributed by atoms with Crippen molar-refractivity contribution in [2.45, 2.75) is 18.5 Å². The summed E-state index contributed by atoms with van der Waals surface area (Å²) in [4.78, 5) is 2.50. The van der Waals surface area contributed by atoms with E-state index in [1.807, 2.05) is 0 Å². The van der Waals surface area contributed by atoms with E-state index in [1.165, 1.54) is 28.1 Å². The maximum Gasteiger partial charge on any atom is 0.0340 e. The Morgan fingerprint density at radius 3 is 3.06 bits per heavy atom. The summed E-state index contributed by atoms with van der Waals surface area (Å²) in [5.74, 6) is 2.50. The SMILES string of the molecule is CNC(Cc1cccc(Br)c1)C1CSCCN1C. The molecule has 1 heterocycles. The molecule has 2 atom stereocenters. The van der Waals surface area contributed by atoms with E-state index in [-0.39, 0.29) is 0 Å². The summed E-state index contributed by atoms with van der Waals surface area (Å²) in [6.45, 7) is 1.20. The van der Waals surface area contributed by atoms with Crippen molar-refractivity contribution in [3.8, 4) is 0 Å². The van der Waals surface area contributed by atoms with Crippen LogP contribution in [0.2, 0.25) is 0 Å². The number of rotatable bonds is 4. The molecule has 0 bridgehead atoms. The normalized spacial score (nSPS) is 22.9. The Bertz CT molecular complexity index is 386. The quantitative estimate of drug-likeness (QED) is 0.914. The van der Waals surface area contributed by atoms with Gasteiger partial charge < -0.3 is 10.2 Å². The second kappa shape index (κ2) is 6.94. The zero-order valence-corrected chi connectivity index (χ0v) is 13.4. The third-order valence-corrected chi connectivity index (χ3v) is 5.16. The van der Waals surface area contributed by atoms with Crippen molar-refractivity contribution in [2.75, 3.05) is 32.1 Å². The van der Waals surface area contributed by atoms with Gasteiger partial charge in [-0.25, -0.2) is 0 Å². The van der Waals surface area contributed by atoms with Crippen LogP contribution in [0.3, 0.4) is 0 Å². The predicted octanol–water partition coefficient (Wildman–Crippen LogP) is 2.63. The molecule has 0 saturated carbocycles. The van der Waals surface area contributed by atoms with Gasteiger partial charge in [0, 0.05) is 34.6 Å². The molecule has 18 heavy (non-hydrogen) atoms. The lowest BCUT2D eigenvalue weighted by molar-refractivity contribution is 0.219. The molecule has 0 spiro atoms. The molecule has 2 nitrogen and oxygen atoms in total. The standard InChI is InChI=1S/C14H21BrN2S/c1-16-13(14-10-18-7-6-17(14)2)9-11-4-3-5-12(15)8-11/h3-5,8,13-14,16H,6-7,9-10H2,1-2H3. The van der Waals surface area contributed by atoms with Crippen LogP contribution in [0.5, 0.6) is 0 Å².